The molecule has 3 atom stereocenters. The Balaban J connectivity index is 0.000000173. The van der Waals surface area contributed by atoms with Gasteiger partial charge in [-0.25, -0.2) is 38.7 Å². The summed E-state index contributed by atoms with van der Waals surface area (Å²) >= 11 is 11.8. The molecule has 17 heteroatoms. The van der Waals surface area contributed by atoms with Gasteiger partial charge in [0.1, 0.15) is 23.3 Å². The summed E-state index contributed by atoms with van der Waals surface area (Å²) in [7, 11) is 0.333. The quantitative estimate of drug-likeness (QED) is 0.0477. The van der Waals surface area contributed by atoms with Crippen LogP contribution in [0.5, 0.6) is 0 Å². The number of carbonyl (C=O) groups excluding carboxylic acids is 1. The molecule has 2 aliphatic heterocycles. The zero-order chi connectivity index (χ0) is 50.1. The van der Waals surface area contributed by atoms with E-state index >= 15 is 0 Å². The Hall–Kier alpha value is -4.89. The predicted octanol–water partition coefficient (Wildman–Crippen LogP) is 13.8. The SMILES string of the molecule is CSc1nccc(-c2c(-c3ccc(F)cc3)nc3n2[C@H](CSC(C)=O)CC3)n1.CSc1nccc(-c2c(-c3ccc(F)cc3)nc3n2[C@H](CSCc2ccccc2)CC3)n1.ClCc1ccccc1.[3H]PC. The van der Waals surface area contributed by atoms with Crippen molar-refractivity contribution in [3.8, 4) is 45.3 Å². The maximum atomic E-state index is 13.6. The molecule has 0 spiro atoms. The van der Waals surface area contributed by atoms with E-state index < -0.39 is 0 Å². The van der Waals surface area contributed by atoms with Gasteiger partial charge in [0.15, 0.2) is 15.4 Å². The molecule has 0 N–H and O–H groups in total. The van der Waals surface area contributed by atoms with Gasteiger partial charge in [0, 0.05) is 78.5 Å². The summed E-state index contributed by atoms with van der Waals surface area (Å²) < 4.78 is 37.8. The van der Waals surface area contributed by atoms with Gasteiger partial charge in [-0.05, 0) is 97.1 Å². The maximum absolute atomic E-state index is 13.6. The molecule has 0 fully saturated rings. The number of halogens is 3. The summed E-state index contributed by atoms with van der Waals surface area (Å²) in [5.41, 5.74) is 9.49. The topological polar surface area (TPSA) is 104 Å². The van der Waals surface area contributed by atoms with E-state index in [1.54, 1.807) is 43.6 Å². The number of hydrogen-bond donors (Lipinski definition) is 0. The van der Waals surface area contributed by atoms with Crippen molar-refractivity contribution in [3.05, 3.63) is 168 Å². The highest BCUT2D eigenvalue weighted by Gasteiger charge is 2.32. The summed E-state index contributed by atoms with van der Waals surface area (Å²) in [6.45, 7) is 3.41. The molecule has 0 bridgehead atoms. The predicted molar refractivity (Wildman–Crippen MR) is 293 cm³/mol. The van der Waals surface area contributed by atoms with Crippen molar-refractivity contribution >= 4 is 72.9 Å². The highest BCUT2D eigenvalue weighted by Crippen LogP contribution is 2.42. The summed E-state index contributed by atoms with van der Waals surface area (Å²) in [6.07, 6.45) is 11.3. The molecular formula is C53H54ClF2N8OPS4. The van der Waals surface area contributed by atoms with E-state index in [2.05, 4.69) is 54.4 Å². The molecule has 1 unspecified atom stereocenters. The number of rotatable bonds is 13. The lowest BCUT2D eigenvalue weighted by molar-refractivity contribution is -0.109. The zero-order valence-electron chi connectivity index (χ0n) is 40.3. The second-order valence-corrected chi connectivity index (χ2v) is 19.9. The molecule has 0 amide bonds. The van der Waals surface area contributed by atoms with Crippen LogP contribution in [0.25, 0.3) is 45.3 Å². The second kappa shape index (κ2) is 26.5. The van der Waals surface area contributed by atoms with Crippen LogP contribution in [0.3, 0.4) is 0 Å². The van der Waals surface area contributed by atoms with Gasteiger partial charge in [0.25, 0.3) is 0 Å². The van der Waals surface area contributed by atoms with Crippen LogP contribution in [0.15, 0.2) is 144 Å². The molecule has 0 radical (unpaired) electrons. The van der Waals surface area contributed by atoms with Crippen molar-refractivity contribution in [2.75, 3.05) is 30.7 Å². The Bertz CT molecular complexity index is 2960. The largest absolute Gasteiger partial charge is 0.322 e. The lowest BCUT2D eigenvalue weighted by Gasteiger charge is -2.17. The summed E-state index contributed by atoms with van der Waals surface area (Å²) in [5, 5.41) is 1.53. The Morgan fingerprint density at radius 2 is 1.11 bits per heavy atom. The molecule has 6 heterocycles. The van der Waals surface area contributed by atoms with Crippen molar-refractivity contribution in [2.45, 2.75) is 66.6 Å². The van der Waals surface area contributed by atoms with E-state index in [1.807, 2.05) is 73.4 Å². The third-order valence-electron chi connectivity index (χ3n) is 11.4. The summed E-state index contributed by atoms with van der Waals surface area (Å²) in [4.78, 5) is 39.5. The normalized spacial score (nSPS) is 14.6. The van der Waals surface area contributed by atoms with E-state index in [1.165, 1.54) is 70.7 Å². The molecule has 4 aromatic carbocycles. The number of carbonyl (C=O) groups is 1. The third-order valence-corrected chi connectivity index (χ3v) is 14.9. The number of imidazole rings is 2. The average molecular weight is 1050 g/mol. The van der Waals surface area contributed by atoms with Crippen LogP contribution in [0, 0.1) is 11.6 Å². The van der Waals surface area contributed by atoms with Crippen molar-refractivity contribution in [1.82, 2.24) is 39.0 Å². The Kier molecular flexibility index (Phi) is 19.5. The van der Waals surface area contributed by atoms with E-state index in [0.29, 0.717) is 32.0 Å². The van der Waals surface area contributed by atoms with Crippen LogP contribution in [0.4, 0.5) is 8.78 Å². The van der Waals surface area contributed by atoms with Crippen LogP contribution >= 0.6 is 67.8 Å². The van der Waals surface area contributed by atoms with Gasteiger partial charge in [-0.2, -0.15) is 11.8 Å². The van der Waals surface area contributed by atoms with Crippen LogP contribution in [0.2, 0.25) is 0 Å². The van der Waals surface area contributed by atoms with Gasteiger partial charge in [-0.3, -0.25) is 4.79 Å². The third kappa shape index (κ3) is 13.5. The van der Waals surface area contributed by atoms with Crippen molar-refractivity contribution < 1.29 is 13.6 Å². The molecule has 4 aromatic heterocycles. The first kappa shape index (κ1) is 51.5. The van der Waals surface area contributed by atoms with Gasteiger partial charge in [0.05, 0.1) is 35.4 Å². The molecule has 362 valence electrons. The van der Waals surface area contributed by atoms with Gasteiger partial charge >= 0.3 is 0 Å². The maximum Gasteiger partial charge on any atom is 0.187 e. The molecule has 0 saturated heterocycles. The van der Waals surface area contributed by atoms with Crippen molar-refractivity contribution in [1.29, 1.82) is 1.28 Å². The summed E-state index contributed by atoms with van der Waals surface area (Å²) in [6, 6.07) is 37.8. The molecule has 2 aliphatic rings. The molecule has 0 saturated carbocycles. The van der Waals surface area contributed by atoms with E-state index in [4.69, 9.17) is 27.8 Å². The number of nitrogens with zero attached hydrogens (tertiary/aromatic N) is 8. The fourth-order valence-electron chi connectivity index (χ4n) is 8.18. The lowest BCUT2D eigenvalue weighted by Crippen LogP contribution is -2.10. The number of aromatic nitrogens is 8. The highest BCUT2D eigenvalue weighted by molar-refractivity contribution is 8.13. The number of thioether (sulfide) groups is 4. The van der Waals surface area contributed by atoms with Crippen LogP contribution in [-0.4, -0.2) is 76.1 Å². The van der Waals surface area contributed by atoms with Gasteiger partial charge in [-0.1, -0.05) is 103 Å². The number of alkyl halides is 1. The highest BCUT2D eigenvalue weighted by atomic mass is 35.5. The minimum Gasteiger partial charge on any atom is -0.322 e. The average Bonchev–Trinajstić information content (AvgIpc) is 4.19. The molecule has 9 nitrogen and oxygen atoms in total. The first-order chi connectivity index (χ1) is 34.6. The molecular weight excluding hydrogens is 997 g/mol. The van der Waals surface area contributed by atoms with Gasteiger partial charge in [-0.15, -0.1) is 20.8 Å². The number of aryl methyl sites for hydroxylation is 2. The molecule has 8 aromatic rings. The van der Waals surface area contributed by atoms with Crippen molar-refractivity contribution in [2.24, 2.45) is 0 Å². The molecule has 0 aliphatic carbocycles. The fraction of sp³-hybridized carbons (Fsp3) is 0.264. The minimum atomic E-state index is -0.278. The second-order valence-electron chi connectivity index (χ2n) is 15.9. The van der Waals surface area contributed by atoms with Crippen LogP contribution < -0.4 is 0 Å². The lowest BCUT2D eigenvalue weighted by atomic mass is 10.1. The summed E-state index contributed by atoms with van der Waals surface area (Å²) in [5.74, 6) is 4.85. The van der Waals surface area contributed by atoms with Gasteiger partial charge in [0.2, 0.25) is 0 Å². The first-order valence-corrected chi connectivity index (χ1v) is 28.7. The number of fused-ring (bicyclic) bond motifs is 2. The van der Waals surface area contributed by atoms with Crippen molar-refractivity contribution in [3.63, 3.8) is 0 Å². The first-order valence-electron chi connectivity index (χ1n) is 23.1. The Morgan fingerprint density at radius 3 is 1.53 bits per heavy atom. The van der Waals surface area contributed by atoms with Crippen LogP contribution in [0.1, 0.15) is 54.6 Å². The van der Waals surface area contributed by atoms with Crippen LogP contribution in [-0.2, 0) is 29.3 Å². The molecule has 10 rings (SSSR count). The Labute approximate surface area is 434 Å². The fourth-order valence-corrected chi connectivity index (χ4v) is 10.9. The van der Waals surface area contributed by atoms with E-state index in [9.17, 15) is 13.6 Å². The monoisotopic (exact) mass is 1050 g/mol. The molecule has 70 heavy (non-hydrogen) atoms. The number of benzene rings is 4. The zero-order valence-corrected chi connectivity index (χ0v) is 44.3. The van der Waals surface area contributed by atoms with E-state index in [-0.39, 0.29) is 22.8 Å². The van der Waals surface area contributed by atoms with E-state index in [0.717, 1.165) is 99.3 Å². The van der Waals surface area contributed by atoms with Gasteiger partial charge < -0.3 is 9.13 Å². The smallest absolute Gasteiger partial charge is 0.187 e. The minimum absolute atomic E-state index is 0.112. The Morgan fingerprint density at radius 1 is 0.671 bits per heavy atom. The standard InChI is InChI=1S/C25H23FN4S2.C20H19FN4OS2.C7H7Cl.CH5P/c1-31-25-27-14-13-21(28-25)24-23(18-7-9-19(26)10-8-18)29-22-12-11-20(30(22)24)16-32-15-17-5-3-2-4-6-17;1-12(26)28-11-15-7-8-17-24-18(13-3-5-14(21)6-4-13)19(25(15)17)16-9-10-22-20(23-16)27-2;8-6-7-4-2-1-3-5-7;1-2/h2-10,13-14,20H,11-12,15-16H2,1H3;3-6,9-10,15H,7-8,11H2,1-2H3;1-5H,6H2;2H2,1H3/t20-;15-;;/m00../s1/i;;;2T. The number of hydrogen-bond acceptors (Lipinski definition) is 11.